The summed E-state index contributed by atoms with van der Waals surface area (Å²) in [4.78, 5) is 24.1. The van der Waals surface area contributed by atoms with Crippen LogP contribution in [-0.4, -0.2) is 47.7 Å². The van der Waals surface area contributed by atoms with Gasteiger partial charge in [-0.3, -0.25) is 20.2 Å². The number of carbonyl (C=O) groups excluding carboxylic acids is 2. The fraction of sp³-hybridized carbons (Fsp3) is 0.667. The van der Waals surface area contributed by atoms with Crippen LogP contribution in [-0.2, 0) is 9.59 Å². The van der Waals surface area contributed by atoms with Gasteiger partial charge in [-0.1, -0.05) is 50.2 Å². The third-order valence-corrected chi connectivity index (χ3v) is 6.33. The molecule has 0 aromatic heterocycles. The van der Waals surface area contributed by atoms with Crippen LogP contribution in [0.5, 0.6) is 0 Å². The smallest absolute Gasteiger partial charge is 0.249 e. The first-order valence-electron chi connectivity index (χ1n) is 9.62. The molecule has 2 aliphatic rings. The molecule has 2 rings (SSSR count). The zero-order valence-corrected chi connectivity index (χ0v) is 18.7. The van der Waals surface area contributed by atoms with Crippen LogP contribution < -0.4 is 31.9 Å². The summed E-state index contributed by atoms with van der Waals surface area (Å²) >= 11 is 3.00. The second-order valence-electron chi connectivity index (χ2n) is 6.69. The summed E-state index contributed by atoms with van der Waals surface area (Å²) in [5.74, 6) is -0.207. The van der Waals surface area contributed by atoms with Crippen LogP contribution in [0, 0.1) is 0 Å². The SMILES string of the molecule is CCCC1=CC(=O)N[C@](NCCN[C@]2(SC)NC(=O)C=C(CCC)N2)(SC)N1. The van der Waals surface area contributed by atoms with Gasteiger partial charge in [0.2, 0.25) is 22.1 Å². The third kappa shape index (κ3) is 6.07. The lowest BCUT2D eigenvalue weighted by molar-refractivity contribution is -0.119. The molecule has 6 N–H and O–H groups in total. The number of carbonyl (C=O) groups is 2. The molecule has 0 bridgehead atoms. The van der Waals surface area contributed by atoms with Crippen molar-refractivity contribution in [3.8, 4) is 0 Å². The summed E-state index contributed by atoms with van der Waals surface area (Å²) in [5.41, 5.74) is 1.86. The molecule has 2 heterocycles. The van der Waals surface area contributed by atoms with E-state index >= 15 is 0 Å². The van der Waals surface area contributed by atoms with Crippen molar-refractivity contribution in [3.63, 3.8) is 0 Å². The van der Waals surface area contributed by atoms with Gasteiger partial charge in [0.1, 0.15) is 0 Å². The molecule has 0 saturated carbocycles. The standard InChI is InChI=1S/C18H32N6O2S2/c1-5-7-13-11-15(25)23-17(21-13,27-3)19-9-10-20-18(28-4)22-14(8-6-2)12-16(26)24-18/h11-12,19-22H,5-10H2,1-4H3,(H,23,25)(H,24,26)/t17-,18-/m1/s1. The molecule has 2 atom stereocenters. The molecule has 0 aromatic rings. The molecule has 0 aromatic carbocycles. The average Bonchev–Trinajstić information content (AvgIpc) is 2.65. The molecule has 158 valence electrons. The Bertz CT molecular complexity index is 588. The summed E-state index contributed by atoms with van der Waals surface area (Å²) in [7, 11) is 0. The largest absolute Gasteiger partial charge is 0.345 e. The number of rotatable bonds is 11. The topological polar surface area (TPSA) is 106 Å². The van der Waals surface area contributed by atoms with Crippen LogP contribution in [0.3, 0.4) is 0 Å². The van der Waals surface area contributed by atoms with E-state index in [1.807, 2.05) is 12.5 Å². The van der Waals surface area contributed by atoms with E-state index in [1.54, 1.807) is 12.2 Å². The average molecular weight is 429 g/mol. The van der Waals surface area contributed by atoms with E-state index in [2.05, 4.69) is 45.7 Å². The van der Waals surface area contributed by atoms with Gasteiger partial charge in [0.05, 0.1) is 0 Å². The van der Waals surface area contributed by atoms with Gasteiger partial charge >= 0.3 is 0 Å². The van der Waals surface area contributed by atoms with Gasteiger partial charge in [-0.25, -0.2) is 0 Å². The maximum atomic E-state index is 12.1. The Kier molecular flexibility index (Phi) is 8.54. The van der Waals surface area contributed by atoms with Crippen molar-refractivity contribution >= 4 is 35.3 Å². The molecule has 28 heavy (non-hydrogen) atoms. The van der Waals surface area contributed by atoms with Gasteiger partial charge in [-0.15, -0.1) is 0 Å². The number of nitrogens with one attached hydrogen (secondary N) is 6. The van der Waals surface area contributed by atoms with Crippen LogP contribution in [0.1, 0.15) is 39.5 Å². The molecular formula is C18H32N6O2S2. The van der Waals surface area contributed by atoms with Crippen molar-refractivity contribution < 1.29 is 9.59 Å². The first-order chi connectivity index (χ1) is 13.4. The Labute approximate surface area is 175 Å². The summed E-state index contributed by atoms with van der Waals surface area (Å²) in [6.45, 7) is 5.34. The van der Waals surface area contributed by atoms with Crippen LogP contribution in [0.25, 0.3) is 0 Å². The fourth-order valence-electron chi connectivity index (χ4n) is 3.13. The molecule has 10 heteroatoms. The highest BCUT2D eigenvalue weighted by molar-refractivity contribution is 8.00. The Morgan fingerprint density at radius 1 is 0.786 bits per heavy atom. The van der Waals surface area contributed by atoms with Gasteiger partial charge in [0, 0.05) is 36.6 Å². The summed E-state index contributed by atoms with van der Waals surface area (Å²) < 4.78 is 0. The van der Waals surface area contributed by atoms with Crippen molar-refractivity contribution in [2.45, 2.75) is 49.8 Å². The van der Waals surface area contributed by atoms with E-state index in [0.717, 1.165) is 37.1 Å². The number of thioether (sulfide) groups is 2. The number of amides is 2. The number of hydrogen-bond donors (Lipinski definition) is 6. The second-order valence-corrected chi connectivity index (χ2v) is 8.73. The summed E-state index contributed by atoms with van der Waals surface area (Å²) in [6.07, 6.45) is 10.7. The van der Waals surface area contributed by atoms with Gasteiger partial charge in [0.25, 0.3) is 0 Å². The molecule has 0 aliphatic carbocycles. The molecule has 2 amide bonds. The Hall–Kier alpha value is -1.36. The maximum absolute atomic E-state index is 12.1. The van der Waals surface area contributed by atoms with E-state index in [1.165, 1.54) is 23.5 Å². The molecule has 0 fully saturated rings. The highest BCUT2D eigenvalue weighted by atomic mass is 32.2. The highest BCUT2D eigenvalue weighted by Gasteiger charge is 2.36. The first-order valence-corrected chi connectivity index (χ1v) is 12.1. The predicted octanol–water partition coefficient (Wildman–Crippen LogP) is 0.921. The minimum atomic E-state index is -0.735. The van der Waals surface area contributed by atoms with Crippen LogP contribution in [0.4, 0.5) is 0 Å². The van der Waals surface area contributed by atoms with Crippen molar-refractivity contribution in [1.82, 2.24) is 31.9 Å². The Morgan fingerprint density at radius 2 is 1.18 bits per heavy atom. The summed E-state index contributed by atoms with van der Waals surface area (Å²) in [5, 5.41) is 18.0. The maximum Gasteiger partial charge on any atom is 0.249 e. The highest BCUT2D eigenvalue weighted by Crippen LogP contribution is 2.21. The zero-order valence-electron chi connectivity index (χ0n) is 17.0. The number of allylic oxidation sites excluding steroid dienone is 2. The van der Waals surface area contributed by atoms with E-state index < -0.39 is 10.2 Å². The van der Waals surface area contributed by atoms with Crippen molar-refractivity contribution in [1.29, 1.82) is 0 Å². The fourth-order valence-corrected chi connectivity index (χ4v) is 4.50. The predicted molar refractivity (Wildman–Crippen MR) is 117 cm³/mol. The van der Waals surface area contributed by atoms with Gasteiger partial charge in [0.15, 0.2) is 0 Å². The minimum absolute atomic E-state index is 0.104. The van der Waals surface area contributed by atoms with Gasteiger partial charge in [-0.05, 0) is 25.4 Å². The molecule has 2 aliphatic heterocycles. The molecule has 0 saturated heterocycles. The van der Waals surface area contributed by atoms with Crippen LogP contribution >= 0.6 is 23.5 Å². The van der Waals surface area contributed by atoms with Crippen molar-refractivity contribution in [3.05, 3.63) is 23.5 Å². The van der Waals surface area contributed by atoms with Crippen molar-refractivity contribution in [2.24, 2.45) is 0 Å². The zero-order chi connectivity index (χ0) is 20.6. The van der Waals surface area contributed by atoms with Crippen molar-refractivity contribution in [2.75, 3.05) is 25.6 Å². The quantitative estimate of drug-likeness (QED) is 0.213. The third-order valence-electron chi connectivity index (χ3n) is 4.41. The number of hydrogen-bond acceptors (Lipinski definition) is 8. The second kappa shape index (κ2) is 10.4. The molecule has 8 nitrogen and oxygen atoms in total. The lowest BCUT2D eigenvalue weighted by Gasteiger charge is -2.41. The Balaban J connectivity index is 1.93. The lowest BCUT2D eigenvalue weighted by atomic mass is 10.2. The van der Waals surface area contributed by atoms with E-state index in [-0.39, 0.29) is 11.8 Å². The van der Waals surface area contributed by atoms with Gasteiger partial charge in [-0.2, -0.15) is 0 Å². The van der Waals surface area contributed by atoms with E-state index in [9.17, 15) is 9.59 Å². The van der Waals surface area contributed by atoms with Gasteiger partial charge < -0.3 is 21.3 Å². The minimum Gasteiger partial charge on any atom is -0.345 e. The van der Waals surface area contributed by atoms with E-state index in [0.29, 0.717) is 13.1 Å². The Morgan fingerprint density at radius 3 is 1.50 bits per heavy atom. The van der Waals surface area contributed by atoms with Crippen LogP contribution in [0.2, 0.25) is 0 Å². The lowest BCUT2D eigenvalue weighted by Crippen LogP contribution is -2.70. The van der Waals surface area contributed by atoms with E-state index in [4.69, 9.17) is 0 Å². The molecule has 0 radical (unpaired) electrons. The molecular weight excluding hydrogens is 396 g/mol. The first kappa shape index (κ1) is 22.9. The molecule has 0 spiro atoms. The van der Waals surface area contributed by atoms with Crippen LogP contribution in [0.15, 0.2) is 23.5 Å². The molecule has 0 unspecified atom stereocenters. The summed E-state index contributed by atoms with van der Waals surface area (Å²) in [6, 6.07) is 0. The monoisotopic (exact) mass is 428 g/mol. The normalized spacial score (nSPS) is 27.1.